The number of hydrogen-bond acceptors (Lipinski definition) is 6. The standard InChI is InChI=1S/C16H18N2O5S/c1-11-2-4-13(5-3-11)23-16(20)14-6-7-15(19)18(17-14)12-8-9-24(21,22)10-12/h2-5,12H,6-10H2,1H3/t12-/m0/s1. The van der Waals surface area contributed by atoms with E-state index in [1.54, 1.807) is 12.1 Å². The Morgan fingerprint density at radius 3 is 2.58 bits per heavy atom. The first-order valence-electron chi connectivity index (χ1n) is 7.73. The SMILES string of the molecule is Cc1ccc(OC(=O)C2=NN([C@H]3CCS(=O)(=O)C3)C(=O)CC2)cc1. The molecule has 0 aliphatic carbocycles. The molecule has 0 spiro atoms. The largest absolute Gasteiger partial charge is 0.422 e. The van der Waals surface area contributed by atoms with Crippen molar-refractivity contribution < 1.29 is 22.7 Å². The number of hydrazone groups is 1. The number of carbonyl (C=O) groups excluding carboxylic acids is 2. The number of hydrogen-bond donors (Lipinski definition) is 0. The molecule has 1 atom stereocenters. The van der Waals surface area contributed by atoms with Gasteiger partial charge in [0.05, 0.1) is 17.5 Å². The van der Waals surface area contributed by atoms with Gasteiger partial charge in [-0.05, 0) is 25.5 Å². The average molecular weight is 350 g/mol. The number of nitrogens with zero attached hydrogens (tertiary/aromatic N) is 2. The summed E-state index contributed by atoms with van der Waals surface area (Å²) in [5.41, 5.74) is 1.18. The lowest BCUT2D eigenvalue weighted by Crippen LogP contribution is -2.42. The predicted molar refractivity (Wildman–Crippen MR) is 87.4 cm³/mol. The van der Waals surface area contributed by atoms with Crippen LogP contribution in [0, 0.1) is 6.92 Å². The van der Waals surface area contributed by atoms with Gasteiger partial charge in [0, 0.05) is 12.8 Å². The Kier molecular flexibility index (Phi) is 4.40. The molecule has 1 aromatic carbocycles. The monoisotopic (exact) mass is 350 g/mol. The van der Waals surface area contributed by atoms with Gasteiger partial charge in [0.1, 0.15) is 11.5 Å². The van der Waals surface area contributed by atoms with E-state index < -0.39 is 21.8 Å². The molecule has 0 radical (unpaired) electrons. The Balaban J connectivity index is 1.75. The molecular weight excluding hydrogens is 332 g/mol. The van der Waals surface area contributed by atoms with Crippen LogP contribution in [0.5, 0.6) is 5.75 Å². The van der Waals surface area contributed by atoms with Crippen LogP contribution in [0.3, 0.4) is 0 Å². The highest BCUT2D eigenvalue weighted by molar-refractivity contribution is 7.91. The Labute approximate surface area is 140 Å². The number of rotatable bonds is 3. The van der Waals surface area contributed by atoms with Crippen molar-refractivity contribution in [1.82, 2.24) is 5.01 Å². The maximum atomic E-state index is 12.2. The fourth-order valence-electron chi connectivity index (χ4n) is 2.74. The third-order valence-corrected chi connectivity index (χ3v) is 5.83. The van der Waals surface area contributed by atoms with Gasteiger partial charge >= 0.3 is 5.97 Å². The maximum absolute atomic E-state index is 12.2. The van der Waals surface area contributed by atoms with Crippen molar-refractivity contribution in [1.29, 1.82) is 0 Å². The molecule has 1 aromatic rings. The zero-order valence-electron chi connectivity index (χ0n) is 13.3. The van der Waals surface area contributed by atoms with Gasteiger partial charge < -0.3 is 4.74 Å². The molecule has 24 heavy (non-hydrogen) atoms. The van der Waals surface area contributed by atoms with Gasteiger partial charge in [-0.3, -0.25) is 4.79 Å². The summed E-state index contributed by atoms with van der Waals surface area (Å²) in [4.78, 5) is 24.3. The summed E-state index contributed by atoms with van der Waals surface area (Å²) < 4.78 is 28.5. The second-order valence-electron chi connectivity index (χ2n) is 6.04. The van der Waals surface area contributed by atoms with Crippen LogP contribution in [0.4, 0.5) is 0 Å². The zero-order chi connectivity index (χ0) is 17.3. The smallest absolute Gasteiger partial charge is 0.359 e. The quantitative estimate of drug-likeness (QED) is 0.600. The maximum Gasteiger partial charge on any atom is 0.359 e. The topological polar surface area (TPSA) is 93.1 Å². The van der Waals surface area contributed by atoms with Gasteiger partial charge in [-0.15, -0.1) is 0 Å². The molecule has 2 aliphatic rings. The lowest BCUT2D eigenvalue weighted by molar-refractivity contribution is -0.134. The predicted octanol–water partition coefficient (Wildman–Crippen LogP) is 1.07. The van der Waals surface area contributed by atoms with E-state index in [0.29, 0.717) is 12.2 Å². The van der Waals surface area contributed by atoms with E-state index >= 15 is 0 Å². The van der Waals surface area contributed by atoms with Crippen LogP contribution in [0.2, 0.25) is 0 Å². The van der Waals surface area contributed by atoms with E-state index in [1.807, 2.05) is 19.1 Å². The van der Waals surface area contributed by atoms with Crippen LogP contribution in [-0.4, -0.2) is 48.6 Å². The third kappa shape index (κ3) is 3.64. The van der Waals surface area contributed by atoms with Gasteiger partial charge in [0.25, 0.3) is 0 Å². The first kappa shape index (κ1) is 16.6. The molecule has 0 unspecified atom stereocenters. The summed E-state index contributed by atoms with van der Waals surface area (Å²) in [6.45, 7) is 1.93. The van der Waals surface area contributed by atoms with Crippen LogP contribution in [-0.2, 0) is 19.4 Å². The Morgan fingerprint density at radius 1 is 1.25 bits per heavy atom. The van der Waals surface area contributed by atoms with Crippen molar-refractivity contribution in [2.45, 2.75) is 32.2 Å². The van der Waals surface area contributed by atoms with E-state index in [2.05, 4.69) is 5.10 Å². The first-order chi connectivity index (χ1) is 11.3. The van der Waals surface area contributed by atoms with Crippen molar-refractivity contribution in [3.63, 3.8) is 0 Å². The van der Waals surface area contributed by atoms with Gasteiger partial charge in [0.2, 0.25) is 5.91 Å². The number of amides is 1. The van der Waals surface area contributed by atoms with Crippen LogP contribution in [0.1, 0.15) is 24.8 Å². The summed E-state index contributed by atoms with van der Waals surface area (Å²) in [5, 5.41) is 5.24. The van der Waals surface area contributed by atoms with E-state index in [-0.39, 0.29) is 36.0 Å². The second kappa shape index (κ2) is 6.35. The molecule has 3 rings (SSSR count). The Hall–Kier alpha value is -2.22. The summed E-state index contributed by atoms with van der Waals surface area (Å²) in [7, 11) is -3.14. The van der Waals surface area contributed by atoms with Crippen LogP contribution >= 0.6 is 0 Å². The summed E-state index contributed by atoms with van der Waals surface area (Å²) in [5.74, 6) is -0.538. The fourth-order valence-corrected chi connectivity index (χ4v) is 4.44. The molecule has 0 N–H and O–H groups in total. The highest BCUT2D eigenvalue weighted by Crippen LogP contribution is 2.22. The first-order valence-corrected chi connectivity index (χ1v) is 9.55. The van der Waals surface area contributed by atoms with Gasteiger partial charge in [-0.25, -0.2) is 18.2 Å². The van der Waals surface area contributed by atoms with E-state index in [0.717, 1.165) is 10.6 Å². The average Bonchev–Trinajstić information content (AvgIpc) is 2.90. The van der Waals surface area contributed by atoms with Crippen LogP contribution in [0.15, 0.2) is 29.4 Å². The summed E-state index contributed by atoms with van der Waals surface area (Å²) >= 11 is 0. The summed E-state index contributed by atoms with van der Waals surface area (Å²) in [6.07, 6.45) is 0.662. The van der Waals surface area contributed by atoms with Crippen molar-refractivity contribution in [3.05, 3.63) is 29.8 Å². The van der Waals surface area contributed by atoms with Gasteiger partial charge in [0.15, 0.2) is 9.84 Å². The molecule has 1 fully saturated rings. The molecule has 128 valence electrons. The van der Waals surface area contributed by atoms with Crippen molar-refractivity contribution in [3.8, 4) is 5.75 Å². The van der Waals surface area contributed by atoms with E-state index in [9.17, 15) is 18.0 Å². The highest BCUT2D eigenvalue weighted by atomic mass is 32.2. The molecule has 1 saturated heterocycles. The second-order valence-corrected chi connectivity index (χ2v) is 8.27. The van der Waals surface area contributed by atoms with Crippen molar-refractivity contribution in [2.24, 2.45) is 5.10 Å². The third-order valence-electron chi connectivity index (χ3n) is 4.08. The molecular formula is C16H18N2O5S. The minimum absolute atomic E-state index is 0.0418. The minimum atomic E-state index is -3.14. The number of ether oxygens (including phenoxy) is 1. The molecule has 0 saturated carbocycles. The van der Waals surface area contributed by atoms with Crippen molar-refractivity contribution in [2.75, 3.05) is 11.5 Å². The molecule has 8 heteroatoms. The van der Waals surface area contributed by atoms with E-state index in [4.69, 9.17) is 4.74 Å². The lowest BCUT2D eigenvalue weighted by Gasteiger charge is -2.27. The zero-order valence-corrected chi connectivity index (χ0v) is 14.1. The summed E-state index contributed by atoms with van der Waals surface area (Å²) in [6, 6.07) is 6.52. The molecule has 2 aliphatic heterocycles. The Morgan fingerprint density at radius 2 is 1.96 bits per heavy atom. The molecule has 0 aromatic heterocycles. The Bertz CT molecular complexity index is 798. The molecule has 2 heterocycles. The number of esters is 1. The normalized spacial score (nSPS) is 23.0. The number of carbonyl (C=O) groups is 2. The van der Waals surface area contributed by atoms with Crippen LogP contribution in [0.25, 0.3) is 0 Å². The minimum Gasteiger partial charge on any atom is -0.422 e. The van der Waals surface area contributed by atoms with E-state index in [1.165, 1.54) is 0 Å². The van der Waals surface area contributed by atoms with Crippen LogP contribution < -0.4 is 4.74 Å². The molecule has 0 bridgehead atoms. The number of benzene rings is 1. The number of aryl methyl sites for hydroxylation is 1. The lowest BCUT2D eigenvalue weighted by atomic mass is 10.1. The van der Waals surface area contributed by atoms with Gasteiger partial charge in [-0.1, -0.05) is 17.7 Å². The number of sulfone groups is 1. The highest BCUT2D eigenvalue weighted by Gasteiger charge is 2.37. The molecule has 1 amide bonds. The fraction of sp³-hybridized carbons (Fsp3) is 0.438. The van der Waals surface area contributed by atoms with Crippen molar-refractivity contribution >= 4 is 27.4 Å². The van der Waals surface area contributed by atoms with Gasteiger partial charge in [-0.2, -0.15) is 5.10 Å². The molecule has 7 nitrogen and oxygen atoms in total.